The third-order valence-corrected chi connectivity index (χ3v) is 6.77. The summed E-state index contributed by atoms with van der Waals surface area (Å²) in [6.45, 7) is 2.03. The Morgan fingerprint density at radius 3 is 2.33 bits per heavy atom. The van der Waals surface area contributed by atoms with Gasteiger partial charge >= 0.3 is 0 Å². The van der Waals surface area contributed by atoms with Crippen molar-refractivity contribution in [1.82, 2.24) is 19.4 Å². The van der Waals surface area contributed by atoms with Gasteiger partial charge in [0.05, 0.1) is 27.7 Å². The number of para-hydroxylation sites is 2. The van der Waals surface area contributed by atoms with Gasteiger partial charge < -0.3 is 15.3 Å². The van der Waals surface area contributed by atoms with Gasteiger partial charge in [0.2, 0.25) is 0 Å². The van der Waals surface area contributed by atoms with E-state index in [1.165, 1.54) is 4.90 Å². The average molecular weight is 478 g/mol. The highest BCUT2D eigenvalue weighted by atomic mass is 16.2. The van der Waals surface area contributed by atoms with Crippen molar-refractivity contribution in [2.45, 2.75) is 25.9 Å². The molecule has 3 amide bonds. The summed E-state index contributed by atoms with van der Waals surface area (Å²) >= 11 is 0. The van der Waals surface area contributed by atoms with E-state index in [-0.39, 0.29) is 11.8 Å². The lowest BCUT2D eigenvalue weighted by atomic mass is 10.1. The van der Waals surface area contributed by atoms with Crippen LogP contribution in [-0.4, -0.2) is 37.2 Å². The van der Waals surface area contributed by atoms with Crippen LogP contribution in [0.4, 0.5) is 0 Å². The smallest absolute Gasteiger partial charge is 0.263 e. The van der Waals surface area contributed by atoms with Crippen LogP contribution in [0.3, 0.4) is 0 Å². The lowest BCUT2D eigenvalue weighted by Crippen LogP contribution is -2.37. The summed E-state index contributed by atoms with van der Waals surface area (Å²) in [6.07, 6.45) is 2.78. The molecule has 5 aromatic rings. The zero-order valence-electron chi connectivity index (χ0n) is 19.6. The summed E-state index contributed by atoms with van der Waals surface area (Å²) in [6, 6.07) is 20.0. The lowest BCUT2D eigenvalue weighted by Gasteiger charge is -2.28. The molecule has 0 radical (unpaired) electrons. The summed E-state index contributed by atoms with van der Waals surface area (Å²) in [5, 5.41) is 0.912. The maximum Gasteiger partial charge on any atom is 0.263 e. The predicted octanol–water partition coefficient (Wildman–Crippen LogP) is 4.88. The number of carbonyl (C=O) groups is 3. The van der Waals surface area contributed by atoms with Crippen LogP contribution in [0, 0.1) is 0 Å². The van der Waals surface area contributed by atoms with E-state index in [9.17, 15) is 14.4 Å². The summed E-state index contributed by atoms with van der Waals surface area (Å²) in [5.74, 6) is -0.549. The average Bonchev–Trinajstić information content (AvgIpc) is 3.55. The first-order valence-corrected chi connectivity index (χ1v) is 11.8. The van der Waals surface area contributed by atoms with Crippen molar-refractivity contribution in [2.24, 2.45) is 5.73 Å². The molecule has 0 spiro atoms. The third-order valence-electron chi connectivity index (χ3n) is 6.77. The number of nitrogens with zero attached hydrogens (tertiary/aromatic N) is 3. The highest BCUT2D eigenvalue weighted by Gasteiger charge is 2.40. The van der Waals surface area contributed by atoms with Gasteiger partial charge in [-0.25, -0.2) is 4.98 Å². The van der Waals surface area contributed by atoms with Crippen molar-refractivity contribution in [1.29, 1.82) is 0 Å². The highest BCUT2D eigenvalue weighted by Crippen LogP contribution is 2.37. The molecule has 1 aliphatic rings. The minimum absolute atomic E-state index is 0.289. The summed E-state index contributed by atoms with van der Waals surface area (Å²) in [4.78, 5) is 48.0. The van der Waals surface area contributed by atoms with Gasteiger partial charge in [-0.05, 0) is 36.8 Å². The fourth-order valence-corrected chi connectivity index (χ4v) is 5.13. The number of primary amides is 1. The van der Waals surface area contributed by atoms with Crippen molar-refractivity contribution in [3.8, 4) is 11.4 Å². The van der Waals surface area contributed by atoms with Gasteiger partial charge in [0.25, 0.3) is 17.7 Å². The Morgan fingerprint density at radius 2 is 1.64 bits per heavy atom. The predicted molar refractivity (Wildman–Crippen MR) is 136 cm³/mol. The van der Waals surface area contributed by atoms with E-state index in [1.54, 1.807) is 36.4 Å². The van der Waals surface area contributed by atoms with E-state index in [0.29, 0.717) is 40.0 Å². The zero-order chi connectivity index (χ0) is 25.0. The molecule has 3 aromatic carbocycles. The van der Waals surface area contributed by atoms with Crippen molar-refractivity contribution in [3.63, 3.8) is 0 Å². The standard InChI is InChI=1S/C28H23N5O3/c1-2-8-23(33-27(35)17-10-3-4-11-18(17)28(33)36)32-15-20(16-9-5-6-14-22(16)32)26-30-21-13-7-12-19(25(29)34)24(21)31-26/h3-7,9-15,23H,2,8H2,1H3,(H2,29,34)(H,30,31). The van der Waals surface area contributed by atoms with Crippen LogP contribution < -0.4 is 5.73 Å². The topological polar surface area (TPSA) is 114 Å². The molecule has 0 aliphatic carbocycles. The zero-order valence-corrected chi connectivity index (χ0v) is 19.6. The molecule has 3 N–H and O–H groups in total. The number of hydrogen-bond donors (Lipinski definition) is 2. The van der Waals surface area contributed by atoms with E-state index >= 15 is 0 Å². The number of rotatable bonds is 6. The molecule has 0 fully saturated rings. The highest BCUT2D eigenvalue weighted by molar-refractivity contribution is 6.21. The molecular weight excluding hydrogens is 454 g/mol. The second kappa shape index (κ2) is 8.20. The monoisotopic (exact) mass is 477 g/mol. The number of nitrogens with two attached hydrogens (primary N) is 1. The van der Waals surface area contributed by atoms with Crippen molar-refractivity contribution < 1.29 is 14.4 Å². The molecule has 1 aliphatic heterocycles. The molecule has 6 rings (SSSR count). The number of imide groups is 1. The molecule has 2 aromatic heterocycles. The Morgan fingerprint density at radius 1 is 0.944 bits per heavy atom. The number of benzene rings is 3. The van der Waals surface area contributed by atoms with Gasteiger partial charge in [0.15, 0.2) is 0 Å². The maximum atomic E-state index is 13.4. The van der Waals surface area contributed by atoms with Crippen molar-refractivity contribution >= 4 is 39.7 Å². The Kier molecular flexibility index (Phi) is 4.96. The minimum Gasteiger partial charge on any atom is -0.366 e. The first kappa shape index (κ1) is 21.8. The molecule has 0 saturated heterocycles. The summed E-state index contributed by atoms with van der Waals surface area (Å²) in [7, 11) is 0. The number of fused-ring (bicyclic) bond motifs is 3. The van der Waals surface area contributed by atoms with Gasteiger partial charge in [0.1, 0.15) is 17.5 Å². The Bertz CT molecular complexity index is 1660. The molecule has 0 saturated carbocycles. The number of hydrogen-bond acceptors (Lipinski definition) is 4. The normalized spacial score (nSPS) is 14.1. The van der Waals surface area contributed by atoms with Crippen LogP contribution in [0.15, 0.2) is 72.9 Å². The van der Waals surface area contributed by atoms with E-state index in [0.717, 1.165) is 22.9 Å². The first-order chi connectivity index (χ1) is 17.5. The van der Waals surface area contributed by atoms with Crippen LogP contribution in [-0.2, 0) is 0 Å². The number of carbonyl (C=O) groups excluding carboxylic acids is 3. The van der Waals surface area contributed by atoms with Crippen LogP contribution >= 0.6 is 0 Å². The Hall–Kier alpha value is -4.72. The van der Waals surface area contributed by atoms with Crippen molar-refractivity contribution in [3.05, 3.63) is 89.6 Å². The second-order valence-corrected chi connectivity index (χ2v) is 8.91. The van der Waals surface area contributed by atoms with E-state index in [2.05, 4.69) is 4.98 Å². The van der Waals surface area contributed by atoms with Crippen LogP contribution in [0.25, 0.3) is 33.3 Å². The molecule has 8 nitrogen and oxygen atoms in total. The number of imidazole rings is 1. The van der Waals surface area contributed by atoms with Gasteiger partial charge in [-0.2, -0.15) is 0 Å². The number of aromatic amines is 1. The van der Waals surface area contributed by atoms with Crippen LogP contribution in [0.2, 0.25) is 0 Å². The number of nitrogens with one attached hydrogen (secondary N) is 1. The molecule has 36 heavy (non-hydrogen) atoms. The lowest BCUT2D eigenvalue weighted by molar-refractivity contribution is 0.0505. The van der Waals surface area contributed by atoms with Gasteiger partial charge in [-0.1, -0.05) is 49.7 Å². The maximum absolute atomic E-state index is 13.4. The van der Waals surface area contributed by atoms with Crippen LogP contribution in [0.5, 0.6) is 0 Å². The fourth-order valence-electron chi connectivity index (χ4n) is 5.13. The summed E-state index contributed by atoms with van der Waals surface area (Å²) in [5.41, 5.74) is 9.63. The van der Waals surface area contributed by atoms with Gasteiger partial charge in [0, 0.05) is 17.1 Å². The molecule has 1 atom stereocenters. The van der Waals surface area contributed by atoms with E-state index in [1.807, 2.05) is 48.0 Å². The van der Waals surface area contributed by atoms with Gasteiger partial charge in [-0.3, -0.25) is 19.3 Å². The fraction of sp³-hybridized carbons (Fsp3) is 0.143. The third kappa shape index (κ3) is 3.15. The molecule has 0 bridgehead atoms. The second-order valence-electron chi connectivity index (χ2n) is 8.91. The van der Waals surface area contributed by atoms with E-state index in [4.69, 9.17) is 10.7 Å². The first-order valence-electron chi connectivity index (χ1n) is 11.8. The molecule has 1 unspecified atom stereocenters. The molecule has 8 heteroatoms. The van der Waals surface area contributed by atoms with E-state index < -0.39 is 12.1 Å². The Balaban J connectivity index is 1.53. The number of aromatic nitrogens is 3. The quantitative estimate of drug-likeness (QED) is 0.339. The largest absolute Gasteiger partial charge is 0.366 e. The number of H-pyrrole nitrogens is 1. The molecule has 3 heterocycles. The minimum atomic E-state index is -0.547. The van der Waals surface area contributed by atoms with Gasteiger partial charge in [-0.15, -0.1) is 0 Å². The molecular formula is C28H23N5O3. The summed E-state index contributed by atoms with van der Waals surface area (Å²) < 4.78 is 1.98. The SMILES string of the molecule is CCCC(N1C(=O)c2ccccc2C1=O)n1cc(-c2nc3c(C(N)=O)cccc3[nH]2)c2ccccc21. The number of amides is 3. The Labute approximate surface area is 206 Å². The molecule has 178 valence electrons. The van der Waals surface area contributed by atoms with Crippen molar-refractivity contribution in [2.75, 3.05) is 0 Å². The van der Waals surface area contributed by atoms with Crippen LogP contribution in [0.1, 0.15) is 57.0 Å².